The largest absolute Gasteiger partial charge is 0.508 e. The van der Waals surface area contributed by atoms with E-state index < -0.39 is 0 Å². The topological polar surface area (TPSA) is 49.5 Å². The van der Waals surface area contributed by atoms with E-state index in [1.165, 1.54) is 0 Å². The van der Waals surface area contributed by atoms with Crippen LogP contribution in [0.1, 0.15) is 32.8 Å². The number of nitrogen functional groups attached to an aromatic ring is 1. The maximum atomic E-state index is 9.77. The Morgan fingerprint density at radius 3 is 2.53 bits per heavy atom. The minimum Gasteiger partial charge on any atom is -0.508 e. The zero-order valence-electron chi connectivity index (χ0n) is 11.3. The van der Waals surface area contributed by atoms with Gasteiger partial charge in [-0.2, -0.15) is 0 Å². The van der Waals surface area contributed by atoms with Crippen LogP contribution in [-0.4, -0.2) is 23.1 Å². The van der Waals surface area contributed by atoms with Crippen LogP contribution in [0.2, 0.25) is 0 Å². The van der Waals surface area contributed by atoms with E-state index in [1.807, 2.05) is 6.07 Å². The van der Waals surface area contributed by atoms with Gasteiger partial charge in [-0.3, -0.25) is 4.90 Å². The third kappa shape index (κ3) is 4.27. The number of anilines is 1. The number of phenols is 1. The molecular weight excluding hydrogens is 212 g/mol. The van der Waals surface area contributed by atoms with Crippen LogP contribution in [0.25, 0.3) is 0 Å². The van der Waals surface area contributed by atoms with E-state index in [0.29, 0.717) is 23.4 Å². The summed E-state index contributed by atoms with van der Waals surface area (Å²) in [4.78, 5) is 2.24. The number of phenolic OH excluding ortho intramolecular Hbond substituents is 1. The number of rotatable bonds is 5. The Bertz CT molecular complexity index is 363. The second-order valence-corrected chi connectivity index (χ2v) is 5.28. The first-order chi connectivity index (χ1) is 7.90. The van der Waals surface area contributed by atoms with E-state index >= 15 is 0 Å². The summed E-state index contributed by atoms with van der Waals surface area (Å²) in [6, 6.07) is 5.71. The highest BCUT2D eigenvalue weighted by Crippen LogP contribution is 2.22. The molecule has 1 aromatic carbocycles. The minimum atomic E-state index is 0.322. The van der Waals surface area contributed by atoms with Crippen molar-refractivity contribution in [3.8, 4) is 5.75 Å². The van der Waals surface area contributed by atoms with Gasteiger partial charge in [-0.05, 0) is 44.5 Å². The van der Waals surface area contributed by atoms with Gasteiger partial charge in [-0.25, -0.2) is 0 Å². The number of benzene rings is 1. The van der Waals surface area contributed by atoms with Crippen molar-refractivity contribution in [1.29, 1.82) is 0 Å². The van der Waals surface area contributed by atoms with Gasteiger partial charge in [0.15, 0.2) is 0 Å². The maximum absolute atomic E-state index is 9.77. The summed E-state index contributed by atoms with van der Waals surface area (Å²) in [6.07, 6.45) is 1.15. The highest BCUT2D eigenvalue weighted by Gasteiger charge is 2.13. The van der Waals surface area contributed by atoms with E-state index in [9.17, 15) is 5.11 Å². The van der Waals surface area contributed by atoms with E-state index in [-0.39, 0.29) is 0 Å². The predicted octanol–water partition coefficient (Wildman–Crippen LogP) is 2.84. The number of nitrogens with two attached hydrogens (primary N) is 1. The molecule has 1 aromatic rings. The molecule has 0 heterocycles. The Kier molecular flexibility index (Phi) is 4.82. The van der Waals surface area contributed by atoms with Crippen LogP contribution >= 0.6 is 0 Å². The molecule has 0 fully saturated rings. The summed E-state index contributed by atoms with van der Waals surface area (Å²) in [5, 5.41) is 9.77. The monoisotopic (exact) mass is 236 g/mol. The number of hydrogen-bond acceptors (Lipinski definition) is 3. The van der Waals surface area contributed by atoms with Crippen LogP contribution in [0.4, 0.5) is 5.69 Å². The van der Waals surface area contributed by atoms with Crippen molar-refractivity contribution in [3.05, 3.63) is 23.8 Å². The van der Waals surface area contributed by atoms with Crippen molar-refractivity contribution in [3.63, 3.8) is 0 Å². The first kappa shape index (κ1) is 13.8. The van der Waals surface area contributed by atoms with Gasteiger partial charge >= 0.3 is 0 Å². The summed E-state index contributed by atoms with van der Waals surface area (Å²) in [5.74, 6) is 1.00. The lowest BCUT2D eigenvalue weighted by molar-refractivity contribution is 0.218. The summed E-state index contributed by atoms with van der Waals surface area (Å²) in [7, 11) is 2.08. The van der Waals surface area contributed by atoms with Gasteiger partial charge in [-0.1, -0.05) is 13.8 Å². The molecule has 3 N–H and O–H groups in total. The Labute approximate surface area is 104 Å². The van der Waals surface area contributed by atoms with Gasteiger partial charge in [0.1, 0.15) is 5.75 Å². The molecule has 1 rings (SSSR count). The fourth-order valence-electron chi connectivity index (χ4n) is 2.02. The lowest BCUT2D eigenvalue weighted by atomic mass is 10.0. The minimum absolute atomic E-state index is 0.322. The van der Waals surface area contributed by atoms with Crippen molar-refractivity contribution in [2.75, 3.05) is 12.8 Å². The molecule has 0 aromatic heterocycles. The van der Waals surface area contributed by atoms with Gasteiger partial charge < -0.3 is 10.8 Å². The predicted molar refractivity (Wildman–Crippen MR) is 72.9 cm³/mol. The highest BCUT2D eigenvalue weighted by atomic mass is 16.3. The van der Waals surface area contributed by atoms with Crippen LogP contribution in [0, 0.1) is 5.92 Å². The van der Waals surface area contributed by atoms with Crippen molar-refractivity contribution in [1.82, 2.24) is 4.90 Å². The molecule has 17 heavy (non-hydrogen) atoms. The van der Waals surface area contributed by atoms with Crippen LogP contribution in [-0.2, 0) is 6.54 Å². The van der Waals surface area contributed by atoms with Crippen molar-refractivity contribution < 1.29 is 5.11 Å². The van der Waals surface area contributed by atoms with E-state index in [2.05, 4.69) is 32.7 Å². The smallest absolute Gasteiger partial charge is 0.120 e. The van der Waals surface area contributed by atoms with Gasteiger partial charge in [0.2, 0.25) is 0 Å². The summed E-state index contributed by atoms with van der Waals surface area (Å²) in [6.45, 7) is 7.39. The zero-order chi connectivity index (χ0) is 13.0. The molecule has 0 radical (unpaired) electrons. The Morgan fingerprint density at radius 1 is 1.29 bits per heavy atom. The summed E-state index contributed by atoms with van der Waals surface area (Å²) in [5.41, 5.74) is 7.32. The molecule has 0 aliphatic carbocycles. The summed E-state index contributed by atoms with van der Waals surface area (Å²) < 4.78 is 0. The quantitative estimate of drug-likeness (QED) is 0.610. The summed E-state index contributed by atoms with van der Waals surface area (Å²) >= 11 is 0. The molecule has 0 bridgehead atoms. The lowest BCUT2D eigenvalue weighted by Crippen LogP contribution is -2.29. The Balaban J connectivity index is 2.67. The molecule has 0 spiro atoms. The molecule has 0 saturated carbocycles. The molecule has 1 atom stereocenters. The molecule has 3 heteroatoms. The molecule has 3 nitrogen and oxygen atoms in total. The zero-order valence-corrected chi connectivity index (χ0v) is 11.3. The van der Waals surface area contributed by atoms with Crippen LogP contribution in [0.3, 0.4) is 0 Å². The Hall–Kier alpha value is -1.22. The Morgan fingerprint density at radius 2 is 1.94 bits per heavy atom. The standard InChI is InChI=1S/C14H24N2O/c1-10(2)7-11(3)16(4)9-12-8-13(15)5-6-14(12)17/h5-6,8,10-11,17H,7,9,15H2,1-4H3. The van der Waals surface area contributed by atoms with Gasteiger partial charge in [0, 0.05) is 23.8 Å². The average molecular weight is 236 g/mol. The van der Waals surface area contributed by atoms with Gasteiger partial charge in [0.05, 0.1) is 0 Å². The average Bonchev–Trinajstić information content (AvgIpc) is 2.22. The fraction of sp³-hybridized carbons (Fsp3) is 0.571. The third-order valence-electron chi connectivity index (χ3n) is 3.09. The second kappa shape index (κ2) is 5.92. The number of hydrogen-bond donors (Lipinski definition) is 2. The molecular formula is C14H24N2O. The molecule has 96 valence electrons. The molecule has 0 aliphatic rings. The van der Waals surface area contributed by atoms with Gasteiger partial charge in [0.25, 0.3) is 0 Å². The fourth-order valence-corrected chi connectivity index (χ4v) is 2.02. The van der Waals surface area contributed by atoms with E-state index in [0.717, 1.165) is 18.5 Å². The molecule has 0 saturated heterocycles. The normalized spacial score (nSPS) is 13.3. The molecule has 0 aliphatic heterocycles. The van der Waals surface area contributed by atoms with Crippen LogP contribution in [0.5, 0.6) is 5.75 Å². The van der Waals surface area contributed by atoms with Crippen molar-refractivity contribution >= 4 is 5.69 Å². The number of aromatic hydroxyl groups is 1. The van der Waals surface area contributed by atoms with Crippen molar-refractivity contribution in [2.24, 2.45) is 5.92 Å². The molecule has 1 unspecified atom stereocenters. The SMILES string of the molecule is CC(C)CC(C)N(C)Cc1cc(N)ccc1O. The first-order valence-electron chi connectivity index (χ1n) is 6.17. The third-order valence-corrected chi connectivity index (χ3v) is 3.09. The maximum Gasteiger partial charge on any atom is 0.120 e. The van der Waals surface area contributed by atoms with Crippen LogP contribution < -0.4 is 5.73 Å². The van der Waals surface area contributed by atoms with E-state index in [4.69, 9.17) is 5.73 Å². The first-order valence-corrected chi connectivity index (χ1v) is 6.17. The molecule has 0 amide bonds. The van der Waals surface area contributed by atoms with Crippen LogP contribution in [0.15, 0.2) is 18.2 Å². The lowest BCUT2D eigenvalue weighted by Gasteiger charge is -2.26. The van der Waals surface area contributed by atoms with Crippen molar-refractivity contribution in [2.45, 2.75) is 39.8 Å². The number of nitrogens with zero attached hydrogens (tertiary/aromatic N) is 1. The second-order valence-electron chi connectivity index (χ2n) is 5.28. The van der Waals surface area contributed by atoms with Gasteiger partial charge in [-0.15, -0.1) is 0 Å². The highest BCUT2D eigenvalue weighted by molar-refractivity contribution is 5.47. The van der Waals surface area contributed by atoms with E-state index in [1.54, 1.807) is 12.1 Å².